The molecule has 13 heavy (non-hydrogen) atoms. The van der Waals surface area contributed by atoms with Gasteiger partial charge >= 0.3 is 0 Å². The van der Waals surface area contributed by atoms with Crippen molar-refractivity contribution < 1.29 is 13.2 Å². The Bertz CT molecular complexity index is 301. The molecular formula is C7H12ClNO3S. The van der Waals surface area contributed by atoms with Crippen LogP contribution in [0.1, 0.15) is 19.3 Å². The number of halogens is 1. The lowest BCUT2D eigenvalue weighted by Gasteiger charge is -2.09. The second-order valence-electron chi connectivity index (χ2n) is 3.40. The first-order chi connectivity index (χ1) is 5.88. The smallest absolute Gasteiger partial charge is 0.224 e. The van der Waals surface area contributed by atoms with Crippen LogP contribution in [0, 0.1) is 5.92 Å². The maximum atomic E-state index is 10.8. The molecule has 0 aromatic carbocycles. The van der Waals surface area contributed by atoms with Gasteiger partial charge in [-0.2, -0.15) is 0 Å². The van der Waals surface area contributed by atoms with Crippen molar-refractivity contribution in [1.29, 1.82) is 0 Å². The summed E-state index contributed by atoms with van der Waals surface area (Å²) in [6.45, 7) is 0. The largest absolute Gasteiger partial charge is 0.281 e. The lowest BCUT2D eigenvalue weighted by molar-refractivity contribution is -0.114. The van der Waals surface area contributed by atoms with Crippen LogP contribution in [0.15, 0.2) is 0 Å². The van der Waals surface area contributed by atoms with E-state index in [1.165, 1.54) is 0 Å². The first-order valence-corrected chi connectivity index (χ1v) is 6.32. The summed E-state index contributed by atoms with van der Waals surface area (Å²) in [6.07, 6.45) is 3.00. The quantitative estimate of drug-likeness (QED) is 0.711. The SMILES string of the molecule is CS(=O)(=O)NC1CCC(C(=O)Cl)C1. The zero-order valence-electron chi connectivity index (χ0n) is 7.29. The minimum atomic E-state index is -3.16. The van der Waals surface area contributed by atoms with E-state index in [4.69, 9.17) is 11.6 Å². The first-order valence-electron chi connectivity index (χ1n) is 4.05. The molecule has 1 N–H and O–H groups in total. The van der Waals surface area contributed by atoms with E-state index in [9.17, 15) is 13.2 Å². The maximum absolute atomic E-state index is 10.8. The minimum absolute atomic E-state index is 0.123. The van der Waals surface area contributed by atoms with Gasteiger partial charge in [0.1, 0.15) is 0 Å². The van der Waals surface area contributed by atoms with Gasteiger partial charge in [0, 0.05) is 12.0 Å². The molecule has 2 atom stereocenters. The molecule has 1 aliphatic carbocycles. The molecule has 0 amide bonds. The Morgan fingerprint density at radius 1 is 1.46 bits per heavy atom. The van der Waals surface area contributed by atoms with Crippen molar-refractivity contribution in [3.63, 3.8) is 0 Å². The molecule has 0 radical (unpaired) electrons. The molecule has 4 nitrogen and oxygen atoms in total. The summed E-state index contributed by atoms with van der Waals surface area (Å²) < 4.78 is 24.1. The molecular weight excluding hydrogens is 214 g/mol. The third kappa shape index (κ3) is 3.62. The van der Waals surface area contributed by atoms with Gasteiger partial charge in [0.05, 0.1) is 6.26 Å². The molecule has 1 saturated carbocycles. The predicted molar refractivity (Wildman–Crippen MR) is 50.0 cm³/mol. The van der Waals surface area contributed by atoms with Crippen molar-refractivity contribution in [2.24, 2.45) is 5.92 Å². The van der Waals surface area contributed by atoms with Gasteiger partial charge in [-0.3, -0.25) is 4.79 Å². The Hall–Kier alpha value is -0.130. The van der Waals surface area contributed by atoms with E-state index < -0.39 is 10.0 Å². The molecule has 76 valence electrons. The van der Waals surface area contributed by atoms with E-state index >= 15 is 0 Å². The maximum Gasteiger partial charge on any atom is 0.224 e. The van der Waals surface area contributed by atoms with E-state index in [2.05, 4.69) is 4.72 Å². The van der Waals surface area contributed by atoms with Gasteiger partial charge < -0.3 is 0 Å². The Balaban J connectivity index is 2.47. The van der Waals surface area contributed by atoms with Gasteiger partial charge in [-0.05, 0) is 30.9 Å². The number of nitrogens with one attached hydrogen (secondary N) is 1. The standard InChI is InChI=1S/C7H12ClNO3S/c1-13(11,12)9-6-3-2-5(4-6)7(8)10/h5-6,9H,2-4H2,1H3. The van der Waals surface area contributed by atoms with Gasteiger partial charge in [-0.15, -0.1) is 0 Å². The molecule has 6 heteroatoms. The Morgan fingerprint density at radius 3 is 2.46 bits per heavy atom. The summed E-state index contributed by atoms with van der Waals surface area (Å²) in [4.78, 5) is 10.7. The molecule has 1 aliphatic rings. The molecule has 0 aliphatic heterocycles. The summed E-state index contributed by atoms with van der Waals surface area (Å²) in [5.41, 5.74) is 0. The molecule has 0 spiro atoms. The third-order valence-electron chi connectivity index (χ3n) is 2.13. The van der Waals surface area contributed by atoms with Crippen LogP contribution in [-0.4, -0.2) is 26.0 Å². The Morgan fingerprint density at radius 2 is 2.08 bits per heavy atom. The number of sulfonamides is 1. The molecule has 0 aromatic rings. The number of carbonyl (C=O) groups is 1. The predicted octanol–water partition coefficient (Wildman–Crippen LogP) is 0.470. The van der Waals surface area contributed by atoms with E-state index in [-0.39, 0.29) is 17.2 Å². The second kappa shape index (κ2) is 3.94. The van der Waals surface area contributed by atoms with Crippen molar-refractivity contribution in [2.45, 2.75) is 25.3 Å². The highest BCUT2D eigenvalue weighted by molar-refractivity contribution is 7.88. The van der Waals surface area contributed by atoms with Crippen LogP contribution in [0.2, 0.25) is 0 Å². The molecule has 1 fully saturated rings. The fourth-order valence-corrected chi connectivity index (χ4v) is 2.62. The Labute approximate surface area is 82.7 Å². The third-order valence-corrected chi connectivity index (χ3v) is 3.20. The Kier molecular flexibility index (Phi) is 3.32. The van der Waals surface area contributed by atoms with Gasteiger partial charge in [0.15, 0.2) is 0 Å². The van der Waals surface area contributed by atoms with E-state index in [0.717, 1.165) is 6.26 Å². The van der Waals surface area contributed by atoms with E-state index in [1.807, 2.05) is 0 Å². The average molecular weight is 226 g/mol. The molecule has 0 aromatic heterocycles. The van der Waals surface area contributed by atoms with Gasteiger partial charge in [-0.1, -0.05) is 0 Å². The number of hydrogen-bond donors (Lipinski definition) is 1. The number of rotatable bonds is 3. The van der Waals surface area contributed by atoms with Crippen molar-refractivity contribution >= 4 is 26.9 Å². The van der Waals surface area contributed by atoms with Crippen molar-refractivity contribution in [3.8, 4) is 0 Å². The van der Waals surface area contributed by atoms with Gasteiger partial charge in [-0.25, -0.2) is 13.1 Å². The van der Waals surface area contributed by atoms with Crippen LogP contribution in [0.3, 0.4) is 0 Å². The monoisotopic (exact) mass is 225 g/mol. The van der Waals surface area contributed by atoms with Crippen LogP contribution >= 0.6 is 11.6 Å². The van der Waals surface area contributed by atoms with Crippen molar-refractivity contribution in [3.05, 3.63) is 0 Å². The van der Waals surface area contributed by atoms with Gasteiger partial charge in [0.25, 0.3) is 0 Å². The fourth-order valence-electron chi connectivity index (χ4n) is 1.60. The molecule has 1 rings (SSSR count). The highest BCUT2D eigenvalue weighted by atomic mass is 35.5. The first kappa shape index (κ1) is 10.9. The second-order valence-corrected chi connectivity index (χ2v) is 5.55. The van der Waals surface area contributed by atoms with Crippen molar-refractivity contribution in [2.75, 3.05) is 6.26 Å². The summed E-state index contributed by atoms with van der Waals surface area (Å²) in [5, 5.41) is -0.363. The van der Waals surface area contributed by atoms with E-state index in [0.29, 0.717) is 19.3 Å². The topological polar surface area (TPSA) is 63.2 Å². The van der Waals surface area contributed by atoms with Crippen LogP contribution in [0.25, 0.3) is 0 Å². The average Bonchev–Trinajstić information content (AvgIpc) is 2.31. The van der Waals surface area contributed by atoms with Crippen LogP contribution in [0.4, 0.5) is 0 Å². The zero-order valence-corrected chi connectivity index (χ0v) is 8.86. The molecule has 0 heterocycles. The van der Waals surface area contributed by atoms with Crippen LogP contribution in [0.5, 0.6) is 0 Å². The zero-order chi connectivity index (χ0) is 10.1. The fraction of sp³-hybridized carbons (Fsp3) is 0.857. The molecule has 0 saturated heterocycles. The minimum Gasteiger partial charge on any atom is -0.281 e. The lowest BCUT2D eigenvalue weighted by atomic mass is 10.1. The number of carbonyl (C=O) groups excluding carboxylic acids is 1. The van der Waals surface area contributed by atoms with Gasteiger partial charge in [0.2, 0.25) is 15.3 Å². The molecule has 2 unspecified atom stereocenters. The van der Waals surface area contributed by atoms with Crippen LogP contribution in [-0.2, 0) is 14.8 Å². The summed E-state index contributed by atoms with van der Waals surface area (Å²) in [7, 11) is -3.16. The highest BCUT2D eigenvalue weighted by Gasteiger charge is 2.30. The summed E-state index contributed by atoms with van der Waals surface area (Å²) >= 11 is 5.30. The highest BCUT2D eigenvalue weighted by Crippen LogP contribution is 2.27. The number of hydrogen-bond acceptors (Lipinski definition) is 3. The van der Waals surface area contributed by atoms with Crippen molar-refractivity contribution in [1.82, 2.24) is 4.72 Å². The summed E-state index contributed by atoms with van der Waals surface area (Å²) in [6, 6.07) is -0.123. The molecule has 0 bridgehead atoms. The van der Waals surface area contributed by atoms with E-state index in [1.54, 1.807) is 0 Å². The normalized spacial score (nSPS) is 29.1. The van der Waals surface area contributed by atoms with Crippen LogP contribution < -0.4 is 4.72 Å². The lowest BCUT2D eigenvalue weighted by Crippen LogP contribution is -2.32. The summed E-state index contributed by atoms with van der Waals surface area (Å²) in [5.74, 6) is -0.180.